The number of benzene rings is 1. The van der Waals surface area contributed by atoms with E-state index in [0.29, 0.717) is 5.76 Å². The molecule has 0 saturated heterocycles. The van der Waals surface area contributed by atoms with E-state index < -0.39 is 15.9 Å². The van der Waals surface area contributed by atoms with E-state index in [1.165, 1.54) is 11.8 Å². The van der Waals surface area contributed by atoms with Crippen LogP contribution in [-0.4, -0.2) is 21.7 Å². The SMILES string of the molecule is Cc1cc(C)c([Te](Cl)(Cl)CC(=O)c2ccco2)c(C)c1. The van der Waals surface area contributed by atoms with E-state index in [9.17, 15) is 4.79 Å². The first-order valence-corrected chi connectivity index (χ1v) is 14.9. The molecule has 2 nitrogen and oxygen atoms in total. The molecule has 0 aliphatic rings. The predicted molar refractivity (Wildman–Crippen MR) is 85.6 cm³/mol. The molecular formula is C15H16Cl2O2Te. The molecule has 0 spiro atoms. The number of hydrogen-bond donors (Lipinski definition) is 0. The van der Waals surface area contributed by atoms with Gasteiger partial charge in [-0.1, -0.05) is 0 Å². The number of ketones is 1. The Balaban J connectivity index is 2.33. The van der Waals surface area contributed by atoms with E-state index in [0.717, 1.165) is 14.7 Å². The van der Waals surface area contributed by atoms with E-state index >= 15 is 0 Å². The van der Waals surface area contributed by atoms with Gasteiger partial charge in [0.1, 0.15) is 0 Å². The molecule has 0 atom stereocenters. The zero-order valence-electron chi connectivity index (χ0n) is 11.6. The van der Waals surface area contributed by atoms with Crippen LogP contribution >= 0.6 is 17.9 Å². The van der Waals surface area contributed by atoms with Crippen molar-refractivity contribution in [3.63, 3.8) is 0 Å². The molecule has 0 amide bonds. The number of Topliss-reactive ketones (excluding diaryl/α,β-unsaturated/α-hetero) is 1. The molecule has 2 aromatic rings. The molecule has 20 heavy (non-hydrogen) atoms. The average Bonchev–Trinajstić information content (AvgIpc) is 2.78. The Morgan fingerprint density at radius 2 is 1.80 bits per heavy atom. The molecular weight excluding hydrogens is 411 g/mol. The maximum absolute atomic E-state index is 12.2. The second-order valence-electron chi connectivity index (χ2n) is 4.85. The van der Waals surface area contributed by atoms with Crippen LogP contribution in [-0.2, 0) is 0 Å². The van der Waals surface area contributed by atoms with Crippen LogP contribution in [0.15, 0.2) is 34.9 Å². The summed E-state index contributed by atoms with van der Waals surface area (Å²) in [4.78, 5) is 12.2. The van der Waals surface area contributed by atoms with Gasteiger partial charge in [0.05, 0.1) is 0 Å². The molecule has 0 fully saturated rings. The van der Waals surface area contributed by atoms with Gasteiger partial charge in [-0.25, -0.2) is 0 Å². The number of aryl methyl sites for hydroxylation is 3. The summed E-state index contributed by atoms with van der Waals surface area (Å²) in [5.74, 6) is 0.199. The summed E-state index contributed by atoms with van der Waals surface area (Å²) in [6, 6.07) is 7.45. The third-order valence-electron chi connectivity index (χ3n) is 3.01. The third kappa shape index (κ3) is 3.40. The molecule has 5 heteroatoms. The molecule has 2 rings (SSSR count). The third-order valence-corrected chi connectivity index (χ3v) is 11.9. The van der Waals surface area contributed by atoms with Crippen molar-refractivity contribution in [2.45, 2.75) is 25.2 Å². The second-order valence-corrected chi connectivity index (χ2v) is 18.2. The van der Waals surface area contributed by atoms with Gasteiger partial charge in [-0.15, -0.1) is 0 Å². The van der Waals surface area contributed by atoms with Crippen molar-refractivity contribution in [1.29, 1.82) is 0 Å². The van der Waals surface area contributed by atoms with Crippen LogP contribution in [0.25, 0.3) is 0 Å². The minimum absolute atomic E-state index is 0.124. The molecule has 1 aromatic heterocycles. The zero-order valence-corrected chi connectivity index (χ0v) is 15.4. The van der Waals surface area contributed by atoms with Gasteiger partial charge in [-0.2, -0.15) is 0 Å². The van der Waals surface area contributed by atoms with Crippen LogP contribution in [0.1, 0.15) is 27.2 Å². The van der Waals surface area contributed by atoms with E-state index in [2.05, 4.69) is 12.1 Å². The molecule has 0 aliphatic heterocycles. The van der Waals surface area contributed by atoms with Crippen molar-refractivity contribution in [2.75, 3.05) is 0 Å². The van der Waals surface area contributed by atoms with Crippen molar-refractivity contribution >= 4 is 43.3 Å². The number of furan rings is 1. The number of carbonyl (C=O) groups excluding carboxylic acids is 1. The quantitative estimate of drug-likeness (QED) is 0.541. The van der Waals surface area contributed by atoms with Crippen LogP contribution < -0.4 is 3.61 Å². The molecule has 0 radical (unpaired) electrons. The summed E-state index contributed by atoms with van der Waals surface area (Å²) in [6.07, 6.45) is 1.48. The van der Waals surface area contributed by atoms with Crippen molar-refractivity contribution < 1.29 is 9.21 Å². The Hall–Kier alpha value is -0.460. The summed E-state index contributed by atoms with van der Waals surface area (Å²) in [5, 5.41) is 0. The topological polar surface area (TPSA) is 30.2 Å². The fraction of sp³-hybridized carbons (Fsp3) is 0.267. The van der Waals surface area contributed by atoms with Crippen LogP contribution in [0.2, 0.25) is 4.47 Å². The van der Waals surface area contributed by atoms with Gasteiger partial charge in [0, 0.05) is 0 Å². The molecule has 1 aromatic carbocycles. The van der Waals surface area contributed by atoms with Crippen LogP contribution in [0.3, 0.4) is 0 Å². The molecule has 0 bridgehead atoms. The fourth-order valence-corrected chi connectivity index (χ4v) is 11.8. The normalized spacial score (nSPS) is 12.4. The minimum atomic E-state index is -3.47. The maximum atomic E-state index is 12.2. The Morgan fingerprint density at radius 1 is 1.20 bits per heavy atom. The van der Waals surface area contributed by atoms with Crippen molar-refractivity contribution in [1.82, 2.24) is 0 Å². The number of carbonyl (C=O) groups is 1. The Morgan fingerprint density at radius 3 is 2.30 bits per heavy atom. The van der Waals surface area contributed by atoms with Gasteiger partial charge in [0.15, 0.2) is 0 Å². The first kappa shape index (κ1) is 15.9. The van der Waals surface area contributed by atoms with E-state index in [4.69, 9.17) is 22.3 Å². The van der Waals surface area contributed by atoms with Crippen molar-refractivity contribution in [2.24, 2.45) is 0 Å². The van der Waals surface area contributed by atoms with Gasteiger partial charge < -0.3 is 0 Å². The summed E-state index contributed by atoms with van der Waals surface area (Å²) >= 11 is -3.47. The van der Waals surface area contributed by atoms with Gasteiger partial charge in [0.25, 0.3) is 0 Å². The second kappa shape index (κ2) is 6.12. The summed E-state index contributed by atoms with van der Waals surface area (Å²) in [5.41, 5.74) is 3.31. The summed E-state index contributed by atoms with van der Waals surface area (Å²) in [7, 11) is 13.3. The van der Waals surface area contributed by atoms with Crippen LogP contribution in [0.5, 0.6) is 0 Å². The molecule has 0 saturated carbocycles. The first-order chi connectivity index (χ1) is 9.31. The predicted octanol–water partition coefficient (Wildman–Crippen LogP) is 4.21. The van der Waals surface area contributed by atoms with Crippen molar-refractivity contribution in [3.8, 4) is 0 Å². The Kier molecular flexibility index (Phi) is 4.87. The van der Waals surface area contributed by atoms with Gasteiger partial charge in [-0.05, 0) is 0 Å². The average molecular weight is 427 g/mol. The molecule has 0 unspecified atom stereocenters. The number of halogens is 2. The fourth-order valence-electron chi connectivity index (χ4n) is 2.38. The first-order valence-electron chi connectivity index (χ1n) is 6.16. The zero-order chi connectivity index (χ0) is 14.9. The van der Waals surface area contributed by atoms with E-state index in [1.54, 1.807) is 12.1 Å². The van der Waals surface area contributed by atoms with Crippen molar-refractivity contribution in [3.05, 3.63) is 53.0 Å². The molecule has 1 heterocycles. The van der Waals surface area contributed by atoms with Crippen LogP contribution in [0.4, 0.5) is 0 Å². The van der Waals surface area contributed by atoms with Gasteiger partial charge in [-0.3, -0.25) is 0 Å². The summed E-state index contributed by atoms with van der Waals surface area (Å²) in [6.45, 7) is 6.03. The molecule has 0 N–H and O–H groups in total. The summed E-state index contributed by atoms with van der Waals surface area (Å²) < 4.78 is 6.28. The van der Waals surface area contributed by atoms with Gasteiger partial charge in [0.2, 0.25) is 0 Å². The van der Waals surface area contributed by atoms with Gasteiger partial charge >= 0.3 is 131 Å². The van der Waals surface area contributed by atoms with Crippen LogP contribution in [0, 0.1) is 20.8 Å². The number of hydrogen-bond acceptors (Lipinski definition) is 2. The Labute approximate surface area is 130 Å². The van der Waals surface area contributed by atoms with E-state index in [1.807, 2.05) is 20.8 Å². The molecule has 0 aliphatic carbocycles. The monoisotopic (exact) mass is 428 g/mol. The number of rotatable bonds is 4. The Bertz CT molecular complexity index is 610. The standard InChI is InChI=1S/C15H16Cl2O2Te/c1-10-7-11(2)15(12(3)8-10)20(16,17)9-13(18)14-5-4-6-19-14/h4-8H,9H2,1-3H3. The van der Waals surface area contributed by atoms with E-state index in [-0.39, 0.29) is 10.3 Å². The molecule has 108 valence electrons.